The van der Waals surface area contributed by atoms with Gasteiger partial charge in [0, 0.05) is 41.9 Å². The number of anilines is 1. The first-order valence-corrected chi connectivity index (χ1v) is 7.70. The van der Waals surface area contributed by atoms with Gasteiger partial charge >= 0.3 is 0 Å². The Labute approximate surface area is 114 Å². The van der Waals surface area contributed by atoms with Gasteiger partial charge in [0.2, 0.25) is 0 Å². The number of thioether (sulfide) groups is 1. The summed E-state index contributed by atoms with van der Waals surface area (Å²) in [5, 5.41) is 4.76. The van der Waals surface area contributed by atoms with E-state index >= 15 is 0 Å². The summed E-state index contributed by atoms with van der Waals surface area (Å²) in [5.41, 5.74) is 1.31. The molecule has 2 heterocycles. The normalized spacial score (nSPS) is 24.3. The summed E-state index contributed by atoms with van der Waals surface area (Å²) in [6.07, 6.45) is 1.90. The maximum Gasteiger partial charge on any atom is 0.133 e. The Hall–Kier alpha value is -0.740. The second-order valence-corrected chi connectivity index (χ2v) is 6.81. The molecule has 0 aliphatic carbocycles. The molecule has 1 saturated heterocycles. The lowest BCUT2D eigenvalue weighted by Crippen LogP contribution is -2.41. The number of hydrogen-bond acceptors (Lipinski definition) is 4. The van der Waals surface area contributed by atoms with Crippen LogP contribution in [-0.4, -0.2) is 35.1 Å². The molecule has 0 amide bonds. The fourth-order valence-electron chi connectivity index (χ4n) is 2.46. The van der Waals surface area contributed by atoms with Crippen molar-refractivity contribution in [2.45, 2.75) is 37.8 Å². The maximum atomic E-state index is 4.60. The van der Waals surface area contributed by atoms with Gasteiger partial charge in [-0.25, -0.2) is 4.98 Å². The minimum atomic E-state index is 0.683. The van der Waals surface area contributed by atoms with Crippen LogP contribution in [0.25, 0.3) is 0 Å². The average Bonchev–Trinajstić information content (AvgIpc) is 2.35. The lowest BCUT2D eigenvalue weighted by molar-refractivity contribution is 0.691. The second-order valence-electron chi connectivity index (χ2n) is 4.93. The van der Waals surface area contributed by atoms with Crippen molar-refractivity contribution < 1.29 is 0 Å². The molecule has 1 aliphatic rings. The van der Waals surface area contributed by atoms with Crippen molar-refractivity contribution in [3.63, 3.8) is 0 Å². The van der Waals surface area contributed by atoms with Gasteiger partial charge in [-0.05, 0) is 12.6 Å². The van der Waals surface area contributed by atoms with E-state index < -0.39 is 0 Å². The molecule has 0 spiro atoms. The number of hydrogen-bond donors (Lipinski definition) is 1. The zero-order valence-electron chi connectivity index (χ0n) is 11.5. The van der Waals surface area contributed by atoms with E-state index in [1.165, 1.54) is 5.56 Å². The molecule has 1 aromatic rings. The summed E-state index contributed by atoms with van der Waals surface area (Å²) in [5.74, 6) is 1.16. The maximum absolute atomic E-state index is 4.60. The van der Waals surface area contributed by atoms with E-state index in [4.69, 9.17) is 0 Å². The Balaban J connectivity index is 2.15. The Bertz CT molecular complexity index is 373. The number of pyridine rings is 1. The highest BCUT2D eigenvalue weighted by Crippen LogP contribution is 2.29. The molecule has 1 aliphatic heterocycles. The van der Waals surface area contributed by atoms with E-state index in [0.29, 0.717) is 10.5 Å². The highest BCUT2D eigenvalue weighted by molar-refractivity contribution is 8.00. The fourth-order valence-corrected chi connectivity index (χ4v) is 3.79. The first kappa shape index (κ1) is 13.7. The van der Waals surface area contributed by atoms with Gasteiger partial charge in [0.25, 0.3) is 0 Å². The first-order valence-electron chi connectivity index (χ1n) is 6.75. The third kappa shape index (κ3) is 3.39. The lowest BCUT2D eigenvalue weighted by atomic mass is 10.2. The van der Waals surface area contributed by atoms with Gasteiger partial charge < -0.3 is 10.2 Å². The molecule has 100 valence electrons. The minimum Gasteiger partial charge on any atom is -0.354 e. The van der Waals surface area contributed by atoms with Crippen LogP contribution in [0.15, 0.2) is 18.3 Å². The molecular formula is C14H23N3S. The van der Waals surface area contributed by atoms with Crippen LogP contribution in [-0.2, 0) is 6.54 Å². The highest BCUT2D eigenvalue weighted by atomic mass is 32.2. The molecule has 1 fully saturated rings. The van der Waals surface area contributed by atoms with Crippen LogP contribution >= 0.6 is 11.8 Å². The molecule has 4 heteroatoms. The van der Waals surface area contributed by atoms with E-state index in [-0.39, 0.29) is 0 Å². The van der Waals surface area contributed by atoms with Gasteiger partial charge in [-0.3, -0.25) is 0 Å². The van der Waals surface area contributed by atoms with Crippen molar-refractivity contribution in [1.29, 1.82) is 0 Å². The lowest BCUT2D eigenvalue weighted by Gasteiger charge is -2.36. The van der Waals surface area contributed by atoms with Crippen LogP contribution in [0, 0.1) is 0 Å². The molecular weight excluding hydrogens is 242 g/mol. The van der Waals surface area contributed by atoms with Crippen molar-refractivity contribution in [3.8, 4) is 0 Å². The van der Waals surface area contributed by atoms with Gasteiger partial charge in [-0.2, -0.15) is 11.8 Å². The summed E-state index contributed by atoms with van der Waals surface area (Å²) in [7, 11) is 0. The molecule has 1 N–H and O–H groups in total. The molecule has 2 atom stereocenters. The van der Waals surface area contributed by atoms with Crippen LogP contribution in [0.4, 0.5) is 5.82 Å². The topological polar surface area (TPSA) is 28.2 Å². The third-order valence-electron chi connectivity index (χ3n) is 3.15. The Morgan fingerprint density at radius 3 is 2.78 bits per heavy atom. The van der Waals surface area contributed by atoms with Crippen LogP contribution < -0.4 is 10.2 Å². The molecule has 0 radical (unpaired) electrons. The SMILES string of the molecule is CCNCc1cccnc1N1CC(C)SC(C)C1. The smallest absolute Gasteiger partial charge is 0.133 e. The summed E-state index contributed by atoms with van der Waals surface area (Å²) in [4.78, 5) is 7.04. The van der Waals surface area contributed by atoms with E-state index in [0.717, 1.165) is 32.0 Å². The Morgan fingerprint density at radius 1 is 1.39 bits per heavy atom. The predicted octanol–water partition coefficient (Wildman–Crippen LogP) is 2.52. The average molecular weight is 265 g/mol. The fraction of sp³-hybridized carbons (Fsp3) is 0.643. The van der Waals surface area contributed by atoms with Crippen LogP contribution in [0.2, 0.25) is 0 Å². The van der Waals surface area contributed by atoms with Crippen molar-refractivity contribution in [3.05, 3.63) is 23.9 Å². The molecule has 0 bridgehead atoms. The largest absolute Gasteiger partial charge is 0.354 e. The van der Waals surface area contributed by atoms with Crippen molar-refractivity contribution in [2.75, 3.05) is 24.5 Å². The second kappa shape index (κ2) is 6.43. The first-order chi connectivity index (χ1) is 8.70. The zero-order chi connectivity index (χ0) is 13.0. The number of aromatic nitrogens is 1. The standard InChI is InChI=1S/C14H23N3S/c1-4-15-8-13-6-5-7-16-14(13)17-9-11(2)18-12(3)10-17/h5-7,11-12,15H,4,8-10H2,1-3H3. The number of nitrogens with zero attached hydrogens (tertiary/aromatic N) is 2. The van der Waals surface area contributed by atoms with Gasteiger partial charge in [-0.1, -0.05) is 26.8 Å². The van der Waals surface area contributed by atoms with Crippen LogP contribution in [0.3, 0.4) is 0 Å². The monoisotopic (exact) mass is 265 g/mol. The van der Waals surface area contributed by atoms with Gasteiger partial charge in [0.05, 0.1) is 0 Å². The molecule has 1 aromatic heterocycles. The predicted molar refractivity (Wildman–Crippen MR) is 80.3 cm³/mol. The van der Waals surface area contributed by atoms with Crippen molar-refractivity contribution in [1.82, 2.24) is 10.3 Å². The third-order valence-corrected chi connectivity index (χ3v) is 4.38. The quantitative estimate of drug-likeness (QED) is 0.905. The molecule has 0 aromatic carbocycles. The molecule has 3 nitrogen and oxygen atoms in total. The van der Waals surface area contributed by atoms with E-state index in [1.54, 1.807) is 0 Å². The van der Waals surface area contributed by atoms with Crippen molar-refractivity contribution in [2.24, 2.45) is 0 Å². The minimum absolute atomic E-state index is 0.683. The summed E-state index contributed by atoms with van der Waals surface area (Å²) in [6.45, 7) is 10.9. The Kier molecular flexibility index (Phi) is 4.89. The number of nitrogens with one attached hydrogen (secondary N) is 1. The van der Waals surface area contributed by atoms with Gasteiger partial charge in [0.1, 0.15) is 5.82 Å². The Morgan fingerprint density at radius 2 is 2.11 bits per heavy atom. The van der Waals surface area contributed by atoms with E-state index in [9.17, 15) is 0 Å². The number of rotatable bonds is 4. The zero-order valence-corrected chi connectivity index (χ0v) is 12.3. The summed E-state index contributed by atoms with van der Waals surface area (Å²) < 4.78 is 0. The van der Waals surface area contributed by atoms with Crippen molar-refractivity contribution >= 4 is 17.6 Å². The molecule has 2 rings (SSSR count). The summed E-state index contributed by atoms with van der Waals surface area (Å²) >= 11 is 2.08. The molecule has 0 saturated carbocycles. The molecule has 2 unspecified atom stereocenters. The van der Waals surface area contributed by atoms with Crippen LogP contribution in [0.5, 0.6) is 0 Å². The van der Waals surface area contributed by atoms with E-state index in [2.05, 4.69) is 53.8 Å². The summed E-state index contributed by atoms with van der Waals surface area (Å²) in [6, 6.07) is 4.21. The van der Waals surface area contributed by atoms with Gasteiger partial charge in [-0.15, -0.1) is 0 Å². The highest BCUT2D eigenvalue weighted by Gasteiger charge is 2.24. The van der Waals surface area contributed by atoms with Gasteiger partial charge in [0.15, 0.2) is 0 Å². The molecule has 18 heavy (non-hydrogen) atoms. The van der Waals surface area contributed by atoms with E-state index in [1.807, 2.05) is 12.3 Å². The van der Waals surface area contributed by atoms with Crippen LogP contribution in [0.1, 0.15) is 26.3 Å².